The van der Waals surface area contributed by atoms with Crippen LogP contribution in [0.2, 0.25) is 0 Å². The van der Waals surface area contributed by atoms with Crippen LogP contribution >= 0.6 is 11.3 Å². The van der Waals surface area contributed by atoms with E-state index < -0.39 is 0 Å². The third-order valence-corrected chi connectivity index (χ3v) is 4.86. The summed E-state index contributed by atoms with van der Waals surface area (Å²) in [5, 5.41) is 7.83. The molecule has 3 nitrogen and oxygen atoms in total. The van der Waals surface area contributed by atoms with Crippen LogP contribution in [0.4, 0.5) is 0 Å². The van der Waals surface area contributed by atoms with Crippen molar-refractivity contribution in [2.75, 3.05) is 6.54 Å². The normalized spacial score (nSPS) is 12.8. The molecule has 0 saturated heterocycles. The Morgan fingerprint density at radius 3 is 2.74 bits per heavy atom. The topological polar surface area (TPSA) is 29.9 Å². The summed E-state index contributed by atoms with van der Waals surface area (Å²) in [5.41, 5.74) is 2.70. The number of hydrogen-bond donors (Lipinski definition) is 1. The molecule has 1 unspecified atom stereocenters. The molecule has 0 fully saturated rings. The summed E-state index contributed by atoms with van der Waals surface area (Å²) in [6.45, 7) is 7.57. The van der Waals surface area contributed by atoms with Gasteiger partial charge in [-0.1, -0.05) is 6.92 Å². The number of nitrogens with one attached hydrogen (secondary N) is 1. The molecule has 1 atom stereocenters. The molecule has 0 radical (unpaired) electrons. The SMILES string of the molecule is CCNC(CCc1ccnn1C)c1cc(C)c(C)s1. The minimum Gasteiger partial charge on any atom is -0.310 e. The number of aromatic nitrogens is 2. The van der Waals surface area contributed by atoms with Gasteiger partial charge in [0.05, 0.1) is 0 Å². The largest absolute Gasteiger partial charge is 0.310 e. The van der Waals surface area contributed by atoms with Crippen molar-refractivity contribution in [3.63, 3.8) is 0 Å². The molecule has 0 bridgehead atoms. The minimum absolute atomic E-state index is 0.456. The molecule has 0 aliphatic carbocycles. The highest BCUT2D eigenvalue weighted by Gasteiger charge is 2.14. The molecule has 19 heavy (non-hydrogen) atoms. The van der Waals surface area contributed by atoms with Crippen molar-refractivity contribution in [2.45, 2.75) is 39.7 Å². The first kappa shape index (κ1) is 14.3. The molecule has 2 heterocycles. The summed E-state index contributed by atoms with van der Waals surface area (Å²) in [7, 11) is 2.01. The third kappa shape index (κ3) is 3.45. The highest BCUT2D eigenvalue weighted by Crippen LogP contribution is 2.29. The molecule has 0 saturated carbocycles. The van der Waals surface area contributed by atoms with Gasteiger partial charge in [-0.05, 0) is 50.9 Å². The van der Waals surface area contributed by atoms with Gasteiger partial charge in [0.25, 0.3) is 0 Å². The summed E-state index contributed by atoms with van der Waals surface area (Å²) in [6.07, 6.45) is 4.05. The first-order chi connectivity index (χ1) is 9.11. The fourth-order valence-corrected chi connectivity index (χ4v) is 3.46. The van der Waals surface area contributed by atoms with Crippen LogP contribution in [-0.2, 0) is 13.5 Å². The molecule has 2 rings (SSSR count). The highest BCUT2D eigenvalue weighted by molar-refractivity contribution is 7.12. The number of hydrogen-bond acceptors (Lipinski definition) is 3. The van der Waals surface area contributed by atoms with Gasteiger partial charge in [-0.2, -0.15) is 5.10 Å². The molecule has 0 amide bonds. The van der Waals surface area contributed by atoms with E-state index in [2.05, 4.69) is 43.3 Å². The van der Waals surface area contributed by atoms with Crippen molar-refractivity contribution in [3.05, 3.63) is 39.3 Å². The predicted octanol–water partition coefficient (Wildman–Crippen LogP) is 3.38. The van der Waals surface area contributed by atoms with Gasteiger partial charge in [-0.15, -0.1) is 11.3 Å². The van der Waals surface area contributed by atoms with E-state index >= 15 is 0 Å². The monoisotopic (exact) mass is 277 g/mol. The van der Waals surface area contributed by atoms with Gasteiger partial charge in [0, 0.05) is 34.7 Å². The average Bonchev–Trinajstić information content (AvgIpc) is 2.92. The Morgan fingerprint density at radius 1 is 1.42 bits per heavy atom. The average molecular weight is 277 g/mol. The second kappa shape index (κ2) is 6.35. The van der Waals surface area contributed by atoms with E-state index in [9.17, 15) is 0 Å². The summed E-state index contributed by atoms with van der Waals surface area (Å²) < 4.78 is 1.97. The Morgan fingerprint density at radius 2 is 2.21 bits per heavy atom. The standard InChI is InChI=1S/C15H23N3S/c1-5-16-14(15-10-11(2)12(3)19-15)7-6-13-8-9-17-18(13)4/h8-10,14,16H,5-7H2,1-4H3. The van der Waals surface area contributed by atoms with Crippen LogP contribution in [0.5, 0.6) is 0 Å². The van der Waals surface area contributed by atoms with Gasteiger partial charge in [0.1, 0.15) is 0 Å². The number of aryl methyl sites for hydroxylation is 4. The lowest BCUT2D eigenvalue weighted by atomic mass is 10.1. The lowest BCUT2D eigenvalue weighted by Crippen LogP contribution is -2.21. The third-order valence-electron chi connectivity index (χ3n) is 3.59. The maximum absolute atomic E-state index is 4.23. The van der Waals surface area contributed by atoms with Gasteiger partial charge in [0.2, 0.25) is 0 Å². The zero-order chi connectivity index (χ0) is 13.8. The Bertz CT molecular complexity index is 508. The molecule has 2 aromatic rings. The molecule has 0 aromatic carbocycles. The first-order valence-corrected chi connectivity index (χ1v) is 7.70. The van der Waals surface area contributed by atoms with E-state index in [0.717, 1.165) is 19.4 Å². The second-order valence-electron chi connectivity index (χ2n) is 4.98. The van der Waals surface area contributed by atoms with Crippen molar-refractivity contribution >= 4 is 11.3 Å². The molecular weight excluding hydrogens is 254 g/mol. The van der Waals surface area contributed by atoms with Crippen LogP contribution in [0.25, 0.3) is 0 Å². The van der Waals surface area contributed by atoms with Crippen LogP contribution in [-0.4, -0.2) is 16.3 Å². The molecule has 2 aromatic heterocycles. The quantitative estimate of drug-likeness (QED) is 0.877. The summed E-state index contributed by atoms with van der Waals surface area (Å²) in [4.78, 5) is 2.89. The van der Waals surface area contributed by atoms with Crippen molar-refractivity contribution < 1.29 is 0 Å². The van der Waals surface area contributed by atoms with Gasteiger partial charge < -0.3 is 5.32 Å². The lowest BCUT2D eigenvalue weighted by Gasteiger charge is -2.16. The maximum atomic E-state index is 4.23. The van der Waals surface area contributed by atoms with E-state index in [1.807, 2.05) is 29.3 Å². The van der Waals surface area contributed by atoms with E-state index in [1.54, 1.807) is 0 Å². The van der Waals surface area contributed by atoms with Crippen LogP contribution in [0.15, 0.2) is 18.3 Å². The summed E-state index contributed by atoms with van der Waals surface area (Å²) in [6, 6.07) is 4.89. The maximum Gasteiger partial charge on any atom is 0.0492 e. The molecule has 4 heteroatoms. The number of thiophene rings is 1. The molecular formula is C15H23N3S. The number of rotatable bonds is 6. The van der Waals surface area contributed by atoms with Crippen molar-refractivity contribution in [2.24, 2.45) is 7.05 Å². The van der Waals surface area contributed by atoms with E-state index in [4.69, 9.17) is 0 Å². The van der Waals surface area contributed by atoms with Gasteiger partial charge in [-0.25, -0.2) is 0 Å². The van der Waals surface area contributed by atoms with Crippen molar-refractivity contribution in [1.29, 1.82) is 0 Å². The van der Waals surface area contributed by atoms with E-state index in [0.29, 0.717) is 6.04 Å². The van der Waals surface area contributed by atoms with Crippen LogP contribution in [0, 0.1) is 13.8 Å². The van der Waals surface area contributed by atoms with Crippen molar-refractivity contribution in [1.82, 2.24) is 15.1 Å². The molecule has 0 aliphatic heterocycles. The van der Waals surface area contributed by atoms with Gasteiger partial charge in [0.15, 0.2) is 0 Å². The summed E-state index contributed by atoms with van der Waals surface area (Å²) in [5.74, 6) is 0. The van der Waals surface area contributed by atoms with Crippen LogP contribution in [0.3, 0.4) is 0 Å². The molecule has 0 spiro atoms. The zero-order valence-corrected chi connectivity index (χ0v) is 13.0. The Balaban J connectivity index is 2.06. The Kier molecular flexibility index (Phi) is 4.77. The second-order valence-corrected chi connectivity index (χ2v) is 6.27. The first-order valence-electron chi connectivity index (χ1n) is 6.89. The lowest BCUT2D eigenvalue weighted by molar-refractivity contribution is 0.513. The highest BCUT2D eigenvalue weighted by atomic mass is 32.1. The molecule has 1 N–H and O–H groups in total. The van der Waals surface area contributed by atoms with E-state index in [-0.39, 0.29) is 0 Å². The van der Waals surface area contributed by atoms with Gasteiger partial charge in [-0.3, -0.25) is 4.68 Å². The van der Waals surface area contributed by atoms with Crippen LogP contribution < -0.4 is 5.32 Å². The van der Waals surface area contributed by atoms with Crippen LogP contribution in [0.1, 0.15) is 40.4 Å². The molecule has 0 aliphatic rings. The number of nitrogens with zero attached hydrogens (tertiary/aromatic N) is 2. The molecule has 104 valence electrons. The van der Waals surface area contributed by atoms with Crippen molar-refractivity contribution in [3.8, 4) is 0 Å². The Labute approximate surface area is 119 Å². The summed E-state index contributed by atoms with van der Waals surface area (Å²) >= 11 is 1.92. The van der Waals surface area contributed by atoms with Gasteiger partial charge >= 0.3 is 0 Å². The fourth-order valence-electron chi connectivity index (χ4n) is 2.30. The van der Waals surface area contributed by atoms with E-state index in [1.165, 1.54) is 21.0 Å². The smallest absolute Gasteiger partial charge is 0.0492 e. The Hall–Kier alpha value is -1.13. The minimum atomic E-state index is 0.456. The predicted molar refractivity (Wildman–Crippen MR) is 81.7 cm³/mol. The fraction of sp³-hybridized carbons (Fsp3) is 0.533. The zero-order valence-electron chi connectivity index (χ0n) is 12.2.